The molecule has 2 aromatic carbocycles. The molecule has 0 aliphatic carbocycles. The van der Waals surface area contributed by atoms with Gasteiger partial charge in [0.05, 0.1) is 5.02 Å². The summed E-state index contributed by atoms with van der Waals surface area (Å²) in [5.41, 5.74) is 7.33. The Morgan fingerprint density at radius 2 is 2.00 bits per heavy atom. The normalized spacial score (nSPS) is 10.2. The molecule has 0 spiro atoms. The minimum atomic E-state index is 0.319. The van der Waals surface area contributed by atoms with E-state index in [4.69, 9.17) is 34.3 Å². The van der Waals surface area contributed by atoms with Gasteiger partial charge in [-0.25, -0.2) is 0 Å². The summed E-state index contributed by atoms with van der Waals surface area (Å²) in [5.74, 6) is 0.609. The summed E-state index contributed by atoms with van der Waals surface area (Å²) in [6.07, 6.45) is 0. The Balaban J connectivity index is 2.12. The molecule has 2 aromatic rings. The van der Waals surface area contributed by atoms with Crippen molar-refractivity contribution in [2.45, 2.75) is 6.61 Å². The molecule has 0 fully saturated rings. The highest BCUT2D eigenvalue weighted by Crippen LogP contribution is 2.27. The van der Waals surface area contributed by atoms with Crippen LogP contribution in [0.1, 0.15) is 11.1 Å². The van der Waals surface area contributed by atoms with Gasteiger partial charge in [-0.3, -0.25) is 0 Å². The highest BCUT2D eigenvalue weighted by molar-refractivity contribution is 9.10. The van der Waals surface area contributed by atoms with Crippen molar-refractivity contribution in [2.24, 2.45) is 5.73 Å². The molecule has 0 saturated heterocycles. The Hall–Kier alpha value is -1.10. The van der Waals surface area contributed by atoms with Crippen LogP contribution in [-0.2, 0) is 6.61 Å². The maximum absolute atomic E-state index is 6.13. The Morgan fingerprint density at radius 3 is 2.63 bits per heavy atom. The topological polar surface area (TPSA) is 35.2 Å². The van der Waals surface area contributed by atoms with Gasteiger partial charge in [-0.15, -0.1) is 0 Å². The van der Waals surface area contributed by atoms with Gasteiger partial charge in [-0.05, 0) is 24.3 Å². The molecule has 0 unspecified atom stereocenters. The zero-order valence-electron chi connectivity index (χ0n) is 9.90. The van der Waals surface area contributed by atoms with E-state index in [1.165, 1.54) is 0 Å². The van der Waals surface area contributed by atoms with E-state index in [1.807, 2.05) is 24.3 Å². The van der Waals surface area contributed by atoms with Gasteiger partial charge in [0.2, 0.25) is 0 Å². The van der Waals surface area contributed by atoms with Gasteiger partial charge in [0, 0.05) is 15.6 Å². The van der Waals surface area contributed by atoms with E-state index in [0.29, 0.717) is 22.4 Å². The largest absolute Gasteiger partial charge is 0.487 e. The monoisotopic (exact) mass is 355 g/mol. The first kappa shape index (κ1) is 14.3. The molecule has 0 radical (unpaired) electrons. The quantitative estimate of drug-likeness (QED) is 0.829. The number of benzene rings is 2. The average Bonchev–Trinajstić information content (AvgIpc) is 2.39. The lowest BCUT2D eigenvalue weighted by Gasteiger charge is -2.10. The highest BCUT2D eigenvalue weighted by atomic mass is 79.9. The molecule has 2 nitrogen and oxygen atoms in total. The predicted octanol–water partition coefficient (Wildman–Crippen LogP) is 4.32. The molecule has 0 aliphatic rings. The van der Waals surface area contributed by atoms with Crippen molar-refractivity contribution in [3.8, 4) is 5.75 Å². The fourth-order valence-corrected chi connectivity index (χ4v) is 2.30. The van der Waals surface area contributed by atoms with Gasteiger partial charge in [0.25, 0.3) is 0 Å². The minimum Gasteiger partial charge on any atom is -0.487 e. The fourth-order valence-electron chi connectivity index (χ4n) is 1.54. The van der Waals surface area contributed by atoms with Crippen molar-refractivity contribution in [3.05, 3.63) is 63.1 Å². The molecule has 2 rings (SSSR count). The molecule has 0 saturated carbocycles. The summed E-state index contributed by atoms with van der Waals surface area (Å²) < 4.78 is 6.70. The van der Waals surface area contributed by atoms with E-state index in [0.717, 1.165) is 15.6 Å². The first-order valence-electron chi connectivity index (χ1n) is 5.53. The van der Waals surface area contributed by atoms with Gasteiger partial charge in [0.15, 0.2) is 0 Å². The Kier molecular flexibility index (Phi) is 4.80. The van der Waals surface area contributed by atoms with E-state index < -0.39 is 0 Å². The second kappa shape index (κ2) is 6.37. The first-order valence-corrected chi connectivity index (χ1v) is 7.11. The van der Waals surface area contributed by atoms with E-state index in [1.54, 1.807) is 18.2 Å². The molecule has 19 heavy (non-hydrogen) atoms. The summed E-state index contributed by atoms with van der Waals surface area (Å²) in [6.45, 7) is 0.438. The van der Waals surface area contributed by atoms with Crippen molar-refractivity contribution in [3.63, 3.8) is 0 Å². The lowest BCUT2D eigenvalue weighted by Crippen LogP contribution is -2.09. The third-order valence-corrected chi connectivity index (χ3v) is 3.86. The van der Waals surface area contributed by atoms with E-state index in [9.17, 15) is 0 Å². The maximum Gasteiger partial charge on any atom is 0.138 e. The molecular formula is C14H11BrClNOS. The number of hydrogen-bond donors (Lipinski definition) is 1. The molecule has 0 heterocycles. The SMILES string of the molecule is NC(=S)c1ccc(OCc2ccccc2Br)c(Cl)c1. The molecule has 0 amide bonds. The summed E-state index contributed by atoms with van der Waals surface area (Å²) in [4.78, 5) is 0.319. The van der Waals surface area contributed by atoms with Gasteiger partial charge in [-0.2, -0.15) is 0 Å². The molecule has 98 valence electrons. The van der Waals surface area contributed by atoms with Crippen LogP contribution in [0.5, 0.6) is 5.75 Å². The molecule has 0 aliphatic heterocycles. The molecule has 0 atom stereocenters. The van der Waals surface area contributed by atoms with Crippen LogP contribution < -0.4 is 10.5 Å². The summed E-state index contributed by atoms with van der Waals surface area (Å²) in [7, 11) is 0. The molecule has 2 N–H and O–H groups in total. The average molecular weight is 357 g/mol. The Morgan fingerprint density at radius 1 is 1.26 bits per heavy atom. The number of thiocarbonyl (C=S) groups is 1. The third kappa shape index (κ3) is 3.69. The van der Waals surface area contributed by atoms with Crippen molar-refractivity contribution in [1.82, 2.24) is 0 Å². The van der Waals surface area contributed by atoms with Crippen molar-refractivity contribution in [1.29, 1.82) is 0 Å². The zero-order chi connectivity index (χ0) is 13.8. The molecule has 5 heteroatoms. The molecule has 0 aromatic heterocycles. The predicted molar refractivity (Wildman–Crippen MR) is 85.8 cm³/mol. The summed E-state index contributed by atoms with van der Waals surface area (Å²) in [6, 6.07) is 13.1. The van der Waals surface area contributed by atoms with Gasteiger partial charge < -0.3 is 10.5 Å². The van der Waals surface area contributed by atoms with E-state index in [2.05, 4.69) is 15.9 Å². The number of rotatable bonds is 4. The lowest BCUT2D eigenvalue weighted by atomic mass is 10.2. The smallest absolute Gasteiger partial charge is 0.138 e. The van der Waals surface area contributed by atoms with Gasteiger partial charge in [-0.1, -0.05) is 57.9 Å². The van der Waals surface area contributed by atoms with Crippen LogP contribution in [0, 0.1) is 0 Å². The van der Waals surface area contributed by atoms with E-state index >= 15 is 0 Å². The first-order chi connectivity index (χ1) is 9.08. The number of halogens is 2. The summed E-state index contributed by atoms with van der Waals surface area (Å²) >= 11 is 14.5. The Bertz CT molecular complexity index is 618. The van der Waals surface area contributed by atoms with Crippen LogP contribution in [0.2, 0.25) is 5.02 Å². The lowest BCUT2D eigenvalue weighted by molar-refractivity contribution is 0.305. The molecule has 0 bridgehead atoms. The zero-order valence-corrected chi connectivity index (χ0v) is 13.1. The maximum atomic E-state index is 6.13. The van der Waals surface area contributed by atoms with Crippen molar-refractivity contribution >= 4 is 44.7 Å². The van der Waals surface area contributed by atoms with Gasteiger partial charge >= 0.3 is 0 Å². The van der Waals surface area contributed by atoms with Crippen LogP contribution in [0.4, 0.5) is 0 Å². The minimum absolute atomic E-state index is 0.319. The number of ether oxygens (including phenoxy) is 1. The summed E-state index contributed by atoms with van der Waals surface area (Å²) in [5, 5.41) is 0.498. The van der Waals surface area contributed by atoms with Crippen LogP contribution in [-0.4, -0.2) is 4.99 Å². The van der Waals surface area contributed by atoms with Crippen LogP contribution >= 0.6 is 39.7 Å². The number of nitrogens with two attached hydrogens (primary N) is 1. The second-order valence-corrected chi connectivity index (χ2v) is 5.59. The third-order valence-electron chi connectivity index (χ3n) is 2.56. The molecular weight excluding hydrogens is 346 g/mol. The fraction of sp³-hybridized carbons (Fsp3) is 0.0714. The number of hydrogen-bond acceptors (Lipinski definition) is 2. The van der Waals surface area contributed by atoms with Crippen molar-refractivity contribution < 1.29 is 4.74 Å². The standard InChI is InChI=1S/C14H11BrClNOS/c15-11-4-2-1-3-10(11)8-18-13-6-5-9(14(17)19)7-12(13)16/h1-7H,8H2,(H2,17,19). The van der Waals surface area contributed by atoms with Crippen LogP contribution in [0.15, 0.2) is 46.9 Å². The second-order valence-electron chi connectivity index (χ2n) is 3.89. The van der Waals surface area contributed by atoms with Gasteiger partial charge in [0.1, 0.15) is 17.3 Å². The van der Waals surface area contributed by atoms with Crippen LogP contribution in [0.25, 0.3) is 0 Å². The van der Waals surface area contributed by atoms with E-state index in [-0.39, 0.29) is 0 Å². The Labute approximate surface area is 130 Å². The highest BCUT2D eigenvalue weighted by Gasteiger charge is 2.06. The van der Waals surface area contributed by atoms with Crippen molar-refractivity contribution in [2.75, 3.05) is 0 Å². The van der Waals surface area contributed by atoms with Crippen LogP contribution in [0.3, 0.4) is 0 Å².